The molecule has 0 rings (SSSR count). The van der Waals surface area contributed by atoms with Crippen LogP contribution >= 0.6 is 0 Å². The van der Waals surface area contributed by atoms with E-state index >= 15 is 0 Å². The Labute approximate surface area is 83.8 Å². The zero-order valence-electron chi connectivity index (χ0n) is 8.58. The molecule has 0 heterocycles. The lowest BCUT2D eigenvalue weighted by molar-refractivity contribution is -0.142. The topological polar surface area (TPSA) is 55.8 Å². The summed E-state index contributed by atoms with van der Waals surface area (Å²) in [6, 6.07) is 0. The van der Waals surface area contributed by atoms with Crippen LogP contribution in [0.1, 0.15) is 20.3 Å². The summed E-state index contributed by atoms with van der Waals surface area (Å²) in [6.45, 7) is 7.25. The smallest absolute Gasteiger partial charge is 0.377 e. The molecule has 1 N–H and O–H groups in total. The van der Waals surface area contributed by atoms with E-state index < -0.39 is 5.97 Å². The van der Waals surface area contributed by atoms with Crippen molar-refractivity contribution in [2.24, 2.45) is 0 Å². The fraction of sp³-hybridized carbons (Fsp3) is 0.500. The Morgan fingerprint density at radius 3 is 2.50 bits per heavy atom. The van der Waals surface area contributed by atoms with Crippen molar-refractivity contribution in [1.82, 2.24) is 0 Å². The molecule has 0 spiro atoms. The molecule has 0 saturated carbocycles. The minimum atomic E-state index is -0.645. The molecule has 4 nitrogen and oxygen atoms in total. The van der Waals surface area contributed by atoms with Crippen LogP contribution in [0.4, 0.5) is 0 Å². The molecule has 0 radical (unpaired) electrons. The van der Waals surface area contributed by atoms with E-state index in [4.69, 9.17) is 9.47 Å². The van der Waals surface area contributed by atoms with E-state index in [0.29, 0.717) is 6.42 Å². The molecule has 0 aromatic heterocycles. The number of allylic oxidation sites excluding steroid dienone is 1. The maximum Gasteiger partial charge on any atom is 0.377 e. The highest BCUT2D eigenvalue weighted by Crippen LogP contribution is 2.09. The van der Waals surface area contributed by atoms with E-state index in [1.807, 2.05) is 0 Å². The summed E-state index contributed by atoms with van der Waals surface area (Å²) in [5, 5.41) is 9.36. The van der Waals surface area contributed by atoms with E-state index in [2.05, 4.69) is 6.58 Å². The summed E-state index contributed by atoms with van der Waals surface area (Å²) in [7, 11) is 0. The summed E-state index contributed by atoms with van der Waals surface area (Å²) in [6.07, 6.45) is 1.81. The van der Waals surface area contributed by atoms with E-state index in [1.165, 1.54) is 6.08 Å². The molecule has 0 saturated heterocycles. The quantitative estimate of drug-likeness (QED) is 0.308. The van der Waals surface area contributed by atoms with Gasteiger partial charge in [0.1, 0.15) is 12.4 Å². The second-order valence-corrected chi connectivity index (χ2v) is 2.45. The van der Waals surface area contributed by atoms with Crippen molar-refractivity contribution in [3.8, 4) is 0 Å². The van der Waals surface area contributed by atoms with Crippen molar-refractivity contribution in [1.29, 1.82) is 0 Å². The summed E-state index contributed by atoms with van der Waals surface area (Å²) in [4.78, 5) is 11.3. The van der Waals surface area contributed by atoms with Gasteiger partial charge in [-0.05, 0) is 6.92 Å². The molecule has 0 aliphatic carbocycles. The first-order valence-corrected chi connectivity index (χ1v) is 4.50. The first kappa shape index (κ1) is 12.6. The largest absolute Gasteiger partial charge is 0.508 e. The second-order valence-electron chi connectivity index (χ2n) is 2.45. The van der Waals surface area contributed by atoms with E-state index in [0.717, 1.165) is 0 Å². The summed E-state index contributed by atoms with van der Waals surface area (Å²) in [5.41, 5.74) is 0. The van der Waals surface area contributed by atoms with Gasteiger partial charge in [-0.2, -0.15) is 0 Å². The zero-order valence-corrected chi connectivity index (χ0v) is 8.58. The Kier molecular flexibility index (Phi) is 6.28. The van der Waals surface area contributed by atoms with Gasteiger partial charge in [0.25, 0.3) is 0 Å². The van der Waals surface area contributed by atoms with Crippen LogP contribution in [0.15, 0.2) is 24.2 Å². The number of ether oxygens (including phenoxy) is 2. The van der Waals surface area contributed by atoms with Crippen LogP contribution < -0.4 is 0 Å². The van der Waals surface area contributed by atoms with Crippen LogP contribution in [0.5, 0.6) is 0 Å². The van der Waals surface area contributed by atoms with Crippen molar-refractivity contribution >= 4 is 5.97 Å². The standard InChI is InChI=1S/C10H16O4/c1-4-7-14-9(8(11)5-2)10(12)13-6-3/h4,11H,1,5-7H2,2-3H3/b9-8+. The molecule has 80 valence electrons. The molecule has 0 aromatic carbocycles. The Hall–Kier alpha value is -1.45. The third-order valence-electron chi connectivity index (χ3n) is 1.40. The molecular weight excluding hydrogens is 184 g/mol. The summed E-state index contributed by atoms with van der Waals surface area (Å²) in [5.74, 6) is -0.881. The SMILES string of the molecule is C=CCO/C(C(=O)OCC)=C(/O)CC. The van der Waals surface area contributed by atoms with Crippen molar-refractivity contribution in [2.45, 2.75) is 20.3 Å². The molecule has 0 aliphatic rings. The first-order valence-electron chi connectivity index (χ1n) is 4.50. The van der Waals surface area contributed by atoms with Crippen molar-refractivity contribution in [3.63, 3.8) is 0 Å². The molecule has 0 amide bonds. The summed E-state index contributed by atoms with van der Waals surface area (Å²) >= 11 is 0. The van der Waals surface area contributed by atoms with Crippen LogP contribution in [0.25, 0.3) is 0 Å². The first-order chi connectivity index (χ1) is 6.67. The van der Waals surface area contributed by atoms with Gasteiger partial charge in [-0.1, -0.05) is 19.6 Å². The van der Waals surface area contributed by atoms with Gasteiger partial charge in [0.05, 0.1) is 6.61 Å². The van der Waals surface area contributed by atoms with Crippen LogP contribution in [0.2, 0.25) is 0 Å². The number of hydrogen-bond acceptors (Lipinski definition) is 4. The molecule has 0 fully saturated rings. The zero-order chi connectivity index (χ0) is 11.0. The molecule has 0 atom stereocenters. The van der Waals surface area contributed by atoms with Gasteiger partial charge >= 0.3 is 5.97 Å². The number of esters is 1. The minimum Gasteiger partial charge on any atom is -0.508 e. The third-order valence-corrected chi connectivity index (χ3v) is 1.40. The normalized spacial score (nSPS) is 11.6. The lowest BCUT2D eigenvalue weighted by Crippen LogP contribution is -2.13. The highest BCUT2D eigenvalue weighted by atomic mass is 16.6. The Morgan fingerprint density at radius 1 is 1.43 bits per heavy atom. The lowest BCUT2D eigenvalue weighted by atomic mass is 10.3. The molecule has 0 unspecified atom stereocenters. The maximum atomic E-state index is 11.3. The molecule has 4 heteroatoms. The van der Waals surface area contributed by atoms with Crippen LogP contribution in [-0.4, -0.2) is 24.3 Å². The van der Waals surface area contributed by atoms with Crippen molar-refractivity contribution in [2.75, 3.05) is 13.2 Å². The van der Waals surface area contributed by atoms with Gasteiger partial charge in [0, 0.05) is 6.42 Å². The lowest BCUT2D eigenvalue weighted by Gasteiger charge is -2.09. The molecule has 0 aromatic rings. The number of rotatable bonds is 6. The number of carbonyl (C=O) groups is 1. The van der Waals surface area contributed by atoms with E-state index in [9.17, 15) is 9.90 Å². The Bertz CT molecular complexity index is 230. The summed E-state index contributed by atoms with van der Waals surface area (Å²) < 4.78 is 9.70. The van der Waals surface area contributed by atoms with Crippen LogP contribution in [-0.2, 0) is 14.3 Å². The Balaban J connectivity index is 4.54. The van der Waals surface area contributed by atoms with Gasteiger partial charge in [-0.25, -0.2) is 4.79 Å². The fourth-order valence-corrected chi connectivity index (χ4v) is 0.760. The molecule has 0 bridgehead atoms. The molecule has 14 heavy (non-hydrogen) atoms. The average Bonchev–Trinajstić information content (AvgIpc) is 2.18. The van der Waals surface area contributed by atoms with Crippen molar-refractivity contribution in [3.05, 3.63) is 24.2 Å². The van der Waals surface area contributed by atoms with Gasteiger partial charge in [-0.3, -0.25) is 0 Å². The van der Waals surface area contributed by atoms with E-state index in [-0.39, 0.29) is 24.7 Å². The predicted molar refractivity (Wildman–Crippen MR) is 52.7 cm³/mol. The monoisotopic (exact) mass is 200 g/mol. The van der Waals surface area contributed by atoms with Gasteiger partial charge < -0.3 is 14.6 Å². The number of hydrogen-bond donors (Lipinski definition) is 1. The second kappa shape index (κ2) is 7.00. The predicted octanol–water partition coefficient (Wildman–Crippen LogP) is 1.93. The maximum absolute atomic E-state index is 11.3. The number of aliphatic hydroxyl groups excluding tert-OH is 1. The van der Waals surface area contributed by atoms with Gasteiger partial charge in [-0.15, -0.1) is 0 Å². The van der Waals surface area contributed by atoms with Gasteiger partial charge in [0.2, 0.25) is 5.76 Å². The molecule has 0 aliphatic heterocycles. The fourth-order valence-electron chi connectivity index (χ4n) is 0.760. The average molecular weight is 200 g/mol. The minimum absolute atomic E-state index is 0.106. The highest BCUT2D eigenvalue weighted by Gasteiger charge is 2.16. The van der Waals surface area contributed by atoms with E-state index in [1.54, 1.807) is 13.8 Å². The number of aliphatic hydroxyl groups is 1. The third kappa shape index (κ3) is 3.98. The van der Waals surface area contributed by atoms with Gasteiger partial charge in [0.15, 0.2) is 0 Å². The Morgan fingerprint density at radius 2 is 2.07 bits per heavy atom. The van der Waals surface area contributed by atoms with Crippen LogP contribution in [0.3, 0.4) is 0 Å². The molecular formula is C10H16O4. The highest BCUT2D eigenvalue weighted by molar-refractivity contribution is 5.86. The number of carbonyl (C=O) groups excluding carboxylic acids is 1. The van der Waals surface area contributed by atoms with Crippen LogP contribution in [0, 0.1) is 0 Å². The van der Waals surface area contributed by atoms with Crippen molar-refractivity contribution < 1.29 is 19.4 Å².